The highest BCUT2D eigenvalue weighted by Gasteiger charge is 2.16. The molecule has 2 heterocycles. The fourth-order valence-electron chi connectivity index (χ4n) is 7.19. The number of fused-ring (bicyclic) bond motifs is 7. The monoisotopic (exact) mass is 643 g/mol. The van der Waals surface area contributed by atoms with Crippen molar-refractivity contribution in [3.05, 3.63) is 176 Å². The summed E-state index contributed by atoms with van der Waals surface area (Å²) in [7, 11) is 0. The Balaban J connectivity index is 1.06. The van der Waals surface area contributed by atoms with Crippen molar-refractivity contribution >= 4 is 81.3 Å². The molecule has 0 aliphatic carbocycles. The number of hydrogen-bond acceptors (Lipinski definition) is 3. The Labute approximate surface area is 287 Å². The molecule has 0 atom stereocenters. The zero-order chi connectivity index (χ0) is 32.3. The summed E-state index contributed by atoms with van der Waals surface area (Å²) in [5.41, 5.74) is 9.79. The minimum atomic E-state index is 0.880. The third-order valence-corrected chi connectivity index (χ3v) is 10.8. The van der Waals surface area contributed by atoms with Gasteiger partial charge in [-0.2, -0.15) is 0 Å². The first kappa shape index (κ1) is 27.9. The molecule has 0 saturated carbocycles. The maximum Gasteiger partial charge on any atom is 0.137 e. The Morgan fingerprint density at radius 3 is 1.76 bits per heavy atom. The second kappa shape index (κ2) is 11.2. The number of para-hydroxylation sites is 1. The number of rotatable bonds is 5. The van der Waals surface area contributed by atoms with Gasteiger partial charge in [0.2, 0.25) is 0 Å². The van der Waals surface area contributed by atoms with E-state index in [-0.39, 0.29) is 0 Å². The van der Waals surface area contributed by atoms with Gasteiger partial charge in [-0.1, -0.05) is 103 Å². The molecule has 0 aliphatic rings. The highest BCUT2D eigenvalue weighted by molar-refractivity contribution is 7.25. The Hall–Kier alpha value is -6.16. The van der Waals surface area contributed by atoms with E-state index < -0.39 is 0 Å². The SMILES string of the molecule is c1ccc(-c2ccc(N(c3ccc(-c4ccc5cc6sc7ccccc7c6cc5c4)cc3)c3ccc4c(c3)oc3ccccc34)cc2)cc1. The minimum Gasteiger partial charge on any atom is -0.456 e. The van der Waals surface area contributed by atoms with Crippen molar-refractivity contribution in [3.63, 3.8) is 0 Å². The van der Waals surface area contributed by atoms with Crippen molar-refractivity contribution in [1.82, 2.24) is 0 Å². The van der Waals surface area contributed by atoms with Gasteiger partial charge in [-0.15, -0.1) is 11.3 Å². The van der Waals surface area contributed by atoms with E-state index in [0.29, 0.717) is 0 Å². The van der Waals surface area contributed by atoms with Crippen LogP contribution >= 0.6 is 11.3 Å². The van der Waals surface area contributed by atoms with Crippen molar-refractivity contribution in [3.8, 4) is 22.3 Å². The van der Waals surface area contributed by atoms with E-state index in [2.05, 4.69) is 169 Å². The molecular weight excluding hydrogens is 615 g/mol. The molecule has 0 fully saturated rings. The predicted octanol–water partition coefficient (Wildman–Crippen LogP) is 13.9. The molecule has 2 aromatic heterocycles. The molecule has 0 spiro atoms. The summed E-state index contributed by atoms with van der Waals surface area (Å²) in [6.45, 7) is 0. The van der Waals surface area contributed by atoms with Crippen molar-refractivity contribution in [2.45, 2.75) is 0 Å². The summed E-state index contributed by atoms with van der Waals surface area (Å²) >= 11 is 1.87. The average molecular weight is 644 g/mol. The van der Waals surface area contributed by atoms with Crippen molar-refractivity contribution in [1.29, 1.82) is 0 Å². The molecule has 0 aliphatic heterocycles. The van der Waals surface area contributed by atoms with Crippen LogP contribution in [0.2, 0.25) is 0 Å². The Bertz CT molecular complexity index is 2810. The third kappa shape index (κ3) is 4.78. The molecule has 0 bridgehead atoms. The average Bonchev–Trinajstić information content (AvgIpc) is 3.72. The summed E-state index contributed by atoms with van der Waals surface area (Å²) in [4.78, 5) is 2.31. The van der Waals surface area contributed by atoms with Crippen LogP contribution in [0, 0.1) is 0 Å². The number of benzene rings is 8. The normalized spacial score (nSPS) is 11.7. The standard InChI is InChI=1S/C46H29NOS/c1-2-8-30(9-3-1)31-16-20-36(21-17-31)47(38-24-25-40-39-10-4-6-12-43(39)48-44(40)29-38)37-22-18-32(19-23-37)33-14-15-34-28-46-42(27-35(34)26-33)41-11-5-7-13-45(41)49-46/h1-29H. The van der Waals surface area contributed by atoms with E-state index in [1.165, 1.54) is 53.2 Å². The van der Waals surface area contributed by atoms with Gasteiger partial charge in [0.25, 0.3) is 0 Å². The van der Waals surface area contributed by atoms with E-state index in [0.717, 1.165) is 39.0 Å². The second-order valence-electron chi connectivity index (χ2n) is 12.6. The molecule has 0 saturated heterocycles. The maximum atomic E-state index is 6.32. The van der Waals surface area contributed by atoms with E-state index in [1.54, 1.807) is 0 Å². The maximum absolute atomic E-state index is 6.32. The van der Waals surface area contributed by atoms with Crippen LogP contribution in [-0.2, 0) is 0 Å². The zero-order valence-electron chi connectivity index (χ0n) is 26.5. The van der Waals surface area contributed by atoms with Crippen LogP contribution in [0.5, 0.6) is 0 Å². The second-order valence-corrected chi connectivity index (χ2v) is 13.7. The summed E-state index contributed by atoms with van der Waals surface area (Å²) in [6.07, 6.45) is 0. The smallest absolute Gasteiger partial charge is 0.137 e. The van der Waals surface area contributed by atoms with Crippen molar-refractivity contribution < 1.29 is 4.42 Å². The first-order chi connectivity index (χ1) is 24.2. The van der Waals surface area contributed by atoms with E-state index in [1.807, 2.05) is 23.5 Å². The Kier molecular flexibility index (Phi) is 6.39. The predicted molar refractivity (Wildman–Crippen MR) is 210 cm³/mol. The van der Waals surface area contributed by atoms with Gasteiger partial charge in [-0.25, -0.2) is 0 Å². The van der Waals surface area contributed by atoms with E-state index >= 15 is 0 Å². The van der Waals surface area contributed by atoms with Crippen LogP contribution in [0.1, 0.15) is 0 Å². The first-order valence-corrected chi connectivity index (χ1v) is 17.4. The molecule has 0 unspecified atom stereocenters. The molecule has 230 valence electrons. The van der Waals surface area contributed by atoms with Crippen LogP contribution in [-0.4, -0.2) is 0 Å². The molecule has 10 aromatic rings. The van der Waals surface area contributed by atoms with Gasteiger partial charge in [-0.3, -0.25) is 0 Å². The van der Waals surface area contributed by atoms with Gasteiger partial charge in [0, 0.05) is 54.1 Å². The fraction of sp³-hybridized carbons (Fsp3) is 0. The number of thiophene rings is 1. The van der Waals surface area contributed by atoms with Crippen LogP contribution in [0.3, 0.4) is 0 Å². The summed E-state index contributed by atoms with van der Waals surface area (Å²) in [5, 5.41) is 7.45. The molecule has 0 N–H and O–H groups in total. The van der Waals surface area contributed by atoms with Crippen LogP contribution in [0.15, 0.2) is 180 Å². The van der Waals surface area contributed by atoms with Gasteiger partial charge >= 0.3 is 0 Å². The lowest BCUT2D eigenvalue weighted by molar-refractivity contribution is 0.669. The Morgan fingerprint density at radius 1 is 0.347 bits per heavy atom. The molecule has 2 nitrogen and oxygen atoms in total. The lowest BCUT2D eigenvalue weighted by atomic mass is 9.99. The first-order valence-electron chi connectivity index (χ1n) is 16.6. The Morgan fingerprint density at radius 2 is 0.959 bits per heavy atom. The molecule has 10 rings (SSSR count). The van der Waals surface area contributed by atoms with Gasteiger partial charge < -0.3 is 9.32 Å². The van der Waals surface area contributed by atoms with Crippen LogP contribution in [0.4, 0.5) is 17.1 Å². The minimum absolute atomic E-state index is 0.880. The van der Waals surface area contributed by atoms with Gasteiger partial charge in [0.1, 0.15) is 11.2 Å². The highest BCUT2D eigenvalue weighted by atomic mass is 32.1. The van der Waals surface area contributed by atoms with E-state index in [4.69, 9.17) is 4.42 Å². The van der Waals surface area contributed by atoms with E-state index in [9.17, 15) is 0 Å². The molecule has 3 heteroatoms. The lowest BCUT2D eigenvalue weighted by Gasteiger charge is -2.26. The van der Waals surface area contributed by atoms with Gasteiger partial charge in [0.05, 0.1) is 0 Å². The van der Waals surface area contributed by atoms with Crippen molar-refractivity contribution in [2.24, 2.45) is 0 Å². The number of nitrogens with zero attached hydrogens (tertiary/aromatic N) is 1. The number of furan rings is 1. The highest BCUT2D eigenvalue weighted by Crippen LogP contribution is 2.41. The molecule has 0 amide bonds. The van der Waals surface area contributed by atoms with Crippen LogP contribution < -0.4 is 4.90 Å². The third-order valence-electron chi connectivity index (χ3n) is 9.65. The molecule has 8 aromatic carbocycles. The van der Waals surface area contributed by atoms with Gasteiger partial charge in [-0.05, 0) is 99.8 Å². The fourth-order valence-corrected chi connectivity index (χ4v) is 8.32. The summed E-state index contributed by atoms with van der Waals surface area (Å²) in [5.74, 6) is 0. The topological polar surface area (TPSA) is 16.4 Å². The number of hydrogen-bond donors (Lipinski definition) is 0. The molecule has 0 radical (unpaired) electrons. The largest absolute Gasteiger partial charge is 0.456 e. The lowest BCUT2D eigenvalue weighted by Crippen LogP contribution is -2.09. The molecule has 49 heavy (non-hydrogen) atoms. The van der Waals surface area contributed by atoms with Crippen molar-refractivity contribution in [2.75, 3.05) is 4.90 Å². The quantitative estimate of drug-likeness (QED) is 0.186. The van der Waals surface area contributed by atoms with Gasteiger partial charge in [0.15, 0.2) is 0 Å². The molecular formula is C46H29NOS. The number of anilines is 3. The summed E-state index contributed by atoms with van der Waals surface area (Å²) < 4.78 is 9.00. The zero-order valence-corrected chi connectivity index (χ0v) is 27.3. The summed E-state index contributed by atoms with van der Waals surface area (Å²) in [6, 6.07) is 63.3. The van der Waals surface area contributed by atoms with Crippen LogP contribution in [0.25, 0.3) is 75.1 Å².